The van der Waals surface area contributed by atoms with E-state index in [0.29, 0.717) is 26.2 Å². The first-order valence-electron chi connectivity index (χ1n) is 4.03. The van der Waals surface area contributed by atoms with Gasteiger partial charge < -0.3 is 5.32 Å². The molecule has 0 radical (unpaired) electrons. The predicted molar refractivity (Wildman–Crippen MR) is 47.2 cm³/mol. The van der Waals surface area contributed by atoms with Crippen LogP contribution in [0.4, 0.5) is 13.2 Å². The van der Waals surface area contributed by atoms with E-state index in [9.17, 15) is 13.2 Å². The fourth-order valence-electron chi connectivity index (χ4n) is 1.28. The van der Waals surface area contributed by atoms with E-state index in [0.717, 1.165) is 0 Å². The Balaban J connectivity index is 0.00000144. The van der Waals surface area contributed by atoms with Gasteiger partial charge in [0.2, 0.25) is 0 Å². The van der Waals surface area contributed by atoms with Crippen LogP contribution in [-0.4, -0.2) is 43.3 Å². The third kappa shape index (κ3) is 3.70. The molecule has 1 aliphatic rings. The van der Waals surface area contributed by atoms with Gasteiger partial charge in [-0.05, 0) is 6.92 Å². The first-order valence-corrected chi connectivity index (χ1v) is 4.03. The molecule has 1 saturated heterocycles. The predicted octanol–water partition coefficient (Wildman–Crippen LogP) is 1.26. The van der Waals surface area contributed by atoms with Gasteiger partial charge in [-0.3, -0.25) is 4.90 Å². The monoisotopic (exact) mass is 218 g/mol. The molecular formula is C7H14ClF3N2. The van der Waals surface area contributed by atoms with Crippen molar-refractivity contribution in [1.29, 1.82) is 0 Å². The molecule has 6 heteroatoms. The zero-order valence-electron chi connectivity index (χ0n) is 7.40. The average molecular weight is 219 g/mol. The number of piperazine rings is 1. The molecule has 1 N–H and O–H groups in total. The van der Waals surface area contributed by atoms with Crippen molar-refractivity contribution >= 4 is 12.4 Å². The van der Waals surface area contributed by atoms with E-state index in [4.69, 9.17) is 0 Å². The van der Waals surface area contributed by atoms with Crippen LogP contribution in [0.15, 0.2) is 0 Å². The zero-order chi connectivity index (χ0) is 9.19. The molecule has 1 aliphatic heterocycles. The maximum absolute atomic E-state index is 12.2. The summed E-state index contributed by atoms with van der Waals surface area (Å²) in [5.74, 6) is 0. The van der Waals surface area contributed by atoms with Gasteiger partial charge in [-0.25, -0.2) is 0 Å². The topological polar surface area (TPSA) is 15.3 Å². The highest BCUT2D eigenvalue weighted by Crippen LogP contribution is 2.24. The quantitative estimate of drug-likeness (QED) is 0.713. The minimum atomic E-state index is -4.09. The first kappa shape index (κ1) is 13.0. The zero-order valence-corrected chi connectivity index (χ0v) is 8.21. The minimum absolute atomic E-state index is 0. The summed E-state index contributed by atoms with van der Waals surface area (Å²) in [6.07, 6.45) is -4.09. The second-order valence-electron chi connectivity index (χ2n) is 3.00. The van der Waals surface area contributed by atoms with Crippen LogP contribution in [-0.2, 0) is 0 Å². The van der Waals surface area contributed by atoms with E-state index in [2.05, 4.69) is 5.32 Å². The Morgan fingerprint density at radius 2 is 1.69 bits per heavy atom. The lowest BCUT2D eigenvalue weighted by Crippen LogP contribution is -2.52. The molecule has 2 nitrogen and oxygen atoms in total. The van der Waals surface area contributed by atoms with Crippen molar-refractivity contribution in [2.75, 3.05) is 26.2 Å². The fourth-order valence-corrected chi connectivity index (χ4v) is 1.28. The van der Waals surface area contributed by atoms with Gasteiger partial charge in [-0.1, -0.05) is 0 Å². The lowest BCUT2D eigenvalue weighted by molar-refractivity contribution is -0.179. The minimum Gasteiger partial charge on any atom is -0.314 e. The number of hydrogen-bond acceptors (Lipinski definition) is 2. The van der Waals surface area contributed by atoms with Crippen LogP contribution in [0.2, 0.25) is 0 Å². The summed E-state index contributed by atoms with van der Waals surface area (Å²) >= 11 is 0. The molecule has 0 aromatic carbocycles. The molecule has 1 fully saturated rings. The normalized spacial score (nSPS) is 22.2. The van der Waals surface area contributed by atoms with Crippen molar-refractivity contribution in [2.45, 2.75) is 19.1 Å². The van der Waals surface area contributed by atoms with Crippen LogP contribution in [0.5, 0.6) is 0 Å². The van der Waals surface area contributed by atoms with Crippen molar-refractivity contribution in [3.05, 3.63) is 0 Å². The Morgan fingerprint density at radius 1 is 1.23 bits per heavy atom. The second-order valence-corrected chi connectivity index (χ2v) is 3.00. The molecule has 80 valence electrons. The summed E-state index contributed by atoms with van der Waals surface area (Å²) < 4.78 is 36.5. The van der Waals surface area contributed by atoms with Crippen LogP contribution in [0.3, 0.4) is 0 Å². The number of nitrogens with zero attached hydrogens (tertiary/aromatic N) is 1. The SMILES string of the molecule is CC(N1CCNCC1)C(F)(F)F.Cl. The lowest BCUT2D eigenvalue weighted by Gasteiger charge is -2.33. The Labute approximate surface area is 81.9 Å². The van der Waals surface area contributed by atoms with Gasteiger partial charge in [-0.2, -0.15) is 13.2 Å². The summed E-state index contributed by atoms with van der Waals surface area (Å²) in [4.78, 5) is 1.45. The highest BCUT2D eigenvalue weighted by molar-refractivity contribution is 5.85. The van der Waals surface area contributed by atoms with E-state index >= 15 is 0 Å². The Morgan fingerprint density at radius 3 is 2.08 bits per heavy atom. The summed E-state index contributed by atoms with van der Waals surface area (Å²) in [7, 11) is 0. The molecule has 0 bridgehead atoms. The molecular weight excluding hydrogens is 205 g/mol. The van der Waals surface area contributed by atoms with Crippen molar-refractivity contribution < 1.29 is 13.2 Å². The number of nitrogens with one attached hydrogen (secondary N) is 1. The van der Waals surface area contributed by atoms with Crippen molar-refractivity contribution in [2.24, 2.45) is 0 Å². The van der Waals surface area contributed by atoms with Gasteiger partial charge >= 0.3 is 6.18 Å². The molecule has 0 amide bonds. The number of alkyl halides is 3. The summed E-state index contributed by atoms with van der Waals surface area (Å²) in [5, 5.41) is 3.01. The van der Waals surface area contributed by atoms with Crippen molar-refractivity contribution in [3.63, 3.8) is 0 Å². The van der Waals surface area contributed by atoms with E-state index < -0.39 is 12.2 Å². The Kier molecular flexibility index (Phi) is 5.02. The van der Waals surface area contributed by atoms with Gasteiger partial charge in [0.1, 0.15) is 6.04 Å². The standard InChI is InChI=1S/C7H13F3N2.ClH/c1-6(7(8,9)10)12-4-2-11-3-5-12;/h6,11H,2-5H2,1H3;1H. The number of hydrogen-bond donors (Lipinski definition) is 1. The van der Waals surface area contributed by atoms with Crippen LogP contribution >= 0.6 is 12.4 Å². The summed E-state index contributed by atoms with van der Waals surface area (Å²) in [5.41, 5.74) is 0. The smallest absolute Gasteiger partial charge is 0.314 e. The largest absolute Gasteiger partial charge is 0.403 e. The van der Waals surface area contributed by atoms with Gasteiger partial charge in [0.25, 0.3) is 0 Å². The Bertz CT molecular complexity index is 145. The van der Waals surface area contributed by atoms with Gasteiger partial charge in [0.15, 0.2) is 0 Å². The summed E-state index contributed by atoms with van der Waals surface area (Å²) in [6, 6.07) is -1.31. The summed E-state index contributed by atoms with van der Waals surface area (Å²) in [6.45, 7) is 3.49. The van der Waals surface area contributed by atoms with E-state index in [1.165, 1.54) is 11.8 Å². The molecule has 13 heavy (non-hydrogen) atoms. The number of halogens is 4. The van der Waals surface area contributed by atoms with Gasteiger partial charge in [0, 0.05) is 26.2 Å². The maximum Gasteiger partial charge on any atom is 0.403 e. The van der Waals surface area contributed by atoms with Gasteiger partial charge in [0.05, 0.1) is 0 Å². The van der Waals surface area contributed by atoms with Gasteiger partial charge in [-0.15, -0.1) is 12.4 Å². The first-order chi connectivity index (χ1) is 5.52. The van der Waals surface area contributed by atoms with E-state index in [-0.39, 0.29) is 12.4 Å². The molecule has 0 saturated carbocycles. The average Bonchev–Trinajstić information content (AvgIpc) is 2.03. The van der Waals surface area contributed by atoms with Crippen LogP contribution in [0.25, 0.3) is 0 Å². The second kappa shape index (κ2) is 5.02. The van der Waals surface area contributed by atoms with Crippen LogP contribution in [0.1, 0.15) is 6.92 Å². The fraction of sp³-hybridized carbons (Fsp3) is 1.00. The third-order valence-electron chi connectivity index (χ3n) is 2.17. The van der Waals surface area contributed by atoms with Crippen molar-refractivity contribution in [1.82, 2.24) is 10.2 Å². The highest BCUT2D eigenvalue weighted by Gasteiger charge is 2.40. The molecule has 1 heterocycles. The molecule has 1 unspecified atom stereocenters. The molecule has 0 spiro atoms. The molecule has 0 aromatic heterocycles. The van der Waals surface area contributed by atoms with Crippen molar-refractivity contribution in [3.8, 4) is 0 Å². The molecule has 0 aromatic rings. The Hall–Kier alpha value is -0.0000000000000000555. The molecule has 0 aliphatic carbocycles. The molecule has 1 atom stereocenters. The number of rotatable bonds is 1. The highest BCUT2D eigenvalue weighted by atomic mass is 35.5. The van der Waals surface area contributed by atoms with Crippen LogP contribution < -0.4 is 5.32 Å². The lowest BCUT2D eigenvalue weighted by atomic mass is 10.2. The maximum atomic E-state index is 12.2. The third-order valence-corrected chi connectivity index (χ3v) is 2.17. The molecule has 1 rings (SSSR count). The van der Waals surface area contributed by atoms with E-state index in [1.807, 2.05) is 0 Å². The van der Waals surface area contributed by atoms with E-state index in [1.54, 1.807) is 0 Å². The van der Waals surface area contributed by atoms with Crippen LogP contribution in [0, 0.1) is 0 Å².